The quantitative estimate of drug-likeness (QED) is 0.841. The van der Waals surface area contributed by atoms with Gasteiger partial charge in [-0.25, -0.2) is 4.79 Å². The fourth-order valence-electron chi connectivity index (χ4n) is 2.04. The minimum Gasteiger partial charge on any atom is -0.475 e. The number of hydrogen-bond acceptors (Lipinski definition) is 3. The van der Waals surface area contributed by atoms with Crippen molar-refractivity contribution in [3.05, 3.63) is 0 Å². The third-order valence-electron chi connectivity index (χ3n) is 3.80. The number of halogens is 3. The summed E-state index contributed by atoms with van der Waals surface area (Å²) in [6.07, 6.45) is -2.52. The summed E-state index contributed by atoms with van der Waals surface area (Å²) in [5.41, 5.74) is 0.382. The molecule has 0 aliphatic carbocycles. The Morgan fingerprint density at radius 3 is 2.33 bits per heavy atom. The van der Waals surface area contributed by atoms with Crippen molar-refractivity contribution in [2.24, 2.45) is 5.92 Å². The van der Waals surface area contributed by atoms with Crippen molar-refractivity contribution in [2.45, 2.75) is 52.3 Å². The number of carbonyl (C=O) groups is 1. The molecule has 1 aliphatic rings. The summed E-state index contributed by atoms with van der Waals surface area (Å²) in [5, 5.41) is 10.6. The van der Waals surface area contributed by atoms with Gasteiger partial charge in [-0.1, -0.05) is 20.3 Å². The standard InChI is InChI=1S/C12H26N2.C2HF3O2/c1-5-11(2)10-14-9-8-13-7-6-12(14,3)4;3-2(4,5)1(6)7/h11,13H,5-10H2,1-4H3;(H,6,7). The van der Waals surface area contributed by atoms with Gasteiger partial charge in [-0.2, -0.15) is 13.2 Å². The van der Waals surface area contributed by atoms with Crippen molar-refractivity contribution in [2.75, 3.05) is 26.2 Å². The van der Waals surface area contributed by atoms with Gasteiger partial charge in [0.05, 0.1) is 0 Å². The highest BCUT2D eigenvalue weighted by Gasteiger charge is 2.38. The predicted octanol–water partition coefficient (Wildman–Crippen LogP) is 2.74. The van der Waals surface area contributed by atoms with Gasteiger partial charge in [0, 0.05) is 25.2 Å². The summed E-state index contributed by atoms with van der Waals surface area (Å²) >= 11 is 0. The summed E-state index contributed by atoms with van der Waals surface area (Å²) in [5.74, 6) is -1.93. The van der Waals surface area contributed by atoms with Crippen LogP contribution in [0.3, 0.4) is 0 Å². The molecular formula is C14H27F3N2O2. The maximum absolute atomic E-state index is 10.6. The fourth-order valence-corrected chi connectivity index (χ4v) is 2.04. The Kier molecular flexibility index (Phi) is 8.25. The van der Waals surface area contributed by atoms with Gasteiger partial charge in [-0.05, 0) is 32.7 Å². The molecule has 0 amide bonds. The van der Waals surface area contributed by atoms with E-state index < -0.39 is 12.1 Å². The average Bonchev–Trinajstić information content (AvgIpc) is 2.51. The molecule has 1 heterocycles. The molecular weight excluding hydrogens is 285 g/mol. The highest BCUT2D eigenvalue weighted by Crippen LogP contribution is 2.21. The van der Waals surface area contributed by atoms with Crippen molar-refractivity contribution in [1.82, 2.24) is 10.2 Å². The second-order valence-corrected chi connectivity index (χ2v) is 6.07. The van der Waals surface area contributed by atoms with Gasteiger partial charge in [0.25, 0.3) is 0 Å². The van der Waals surface area contributed by atoms with Crippen LogP contribution in [-0.4, -0.2) is 53.9 Å². The number of alkyl halides is 3. The van der Waals surface area contributed by atoms with Gasteiger partial charge in [0.1, 0.15) is 0 Å². The SMILES string of the molecule is CCC(C)CN1CCNCCC1(C)C.O=C(O)C(F)(F)F. The number of rotatable bonds is 3. The average molecular weight is 312 g/mol. The molecule has 1 rings (SSSR count). The molecule has 1 saturated heterocycles. The Morgan fingerprint density at radius 1 is 1.38 bits per heavy atom. The van der Waals surface area contributed by atoms with Crippen molar-refractivity contribution in [3.8, 4) is 0 Å². The molecule has 0 radical (unpaired) electrons. The topological polar surface area (TPSA) is 52.6 Å². The van der Waals surface area contributed by atoms with Crippen LogP contribution in [-0.2, 0) is 4.79 Å². The zero-order chi connectivity index (χ0) is 16.7. The summed E-state index contributed by atoms with van der Waals surface area (Å²) in [4.78, 5) is 11.5. The summed E-state index contributed by atoms with van der Waals surface area (Å²) in [7, 11) is 0. The number of nitrogens with zero attached hydrogens (tertiary/aromatic N) is 1. The first-order valence-corrected chi connectivity index (χ1v) is 7.26. The Bertz CT molecular complexity index is 320. The number of carboxylic acids is 1. The Morgan fingerprint density at radius 2 is 1.90 bits per heavy atom. The molecule has 1 fully saturated rings. The van der Waals surface area contributed by atoms with Gasteiger partial charge >= 0.3 is 12.1 Å². The molecule has 1 atom stereocenters. The third kappa shape index (κ3) is 8.26. The summed E-state index contributed by atoms with van der Waals surface area (Å²) in [6, 6.07) is 0. The third-order valence-corrected chi connectivity index (χ3v) is 3.80. The molecule has 7 heteroatoms. The molecule has 0 aromatic carbocycles. The fraction of sp³-hybridized carbons (Fsp3) is 0.929. The molecule has 4 nitrogen and oxygen atoms in total. The number of hydrogen-bond donors (Lipinski definition) is 2. The number of aliphatic carboxylic acids is 1. The number of carboxylic acid groups (broad SMARTS) is 1. The molecule has 2 N–H and O–H groups in total. The van der Waals surface area contributed by atoms with Crippen molar-refractivity contribution in [3.63, 3.8) is 0 Å². The second-order valence-electron chi connectivity index (χ2n) is 6.07. The lowest BCUT2D eigenvalue weighted by atomic mass is 9.96. The summed E-state index contributed by atoms with van der Waals surface area (Å²) < 4.78 is 31.7. The Hall–Kier alpha value is -0.820. The zero-order valence-corrected chi connectivity index (χ0v) is 13.3. The minimum atomic E-state index is -5.08. The maximum atomic E-state index is 10.6. The second kappa shape index (κ2) is 8.58. The van der Waals surface area contributed by atoms with Crippen LogP contribution < -0.4 is 5.32 Å². The first-order valence-electron chi connectivity index (χ1n) is 7.26. The van der Waals surface area contributed by atoms with Crippen LogP contribution in [0.1, 0.15) is 40.5 Å². The molecule has 1 aliphatic heterocycles. The van der Waals surface area contributed by atoms with Gasteiger partial charge in [-0.15, -0.1) is 0 Å². The van der Waals surface area contributed by atoms with E-state index in [0.29, 0.717) is 5.54 Å². The smallest absolute Gasteiger partial charge is 0.475 e. The van der Waals surface area contributed by atoms with Gasteiger partial charge in [0.15, 0.2) is 0 Å². The first kappa shape index (κ1) is 20.2. The largest absolute Gasteiger partial charge is 0.490 e. The summed E-state index contributed by atoms with van der Waals surface area (Å²) in [6.45, 7) is 14.2. The van der Waals surface area contributed by atoms with E-state index in [1.807, 2.05) is 0 Å². The lowest BCUT2D eigenvalue weighted by Crippen LogP contribution is -2.46. The van der Waals surface area contributed by atoms with Crippen LogP contribution in [0.15, 0.2) is 0 Å². The molecule has 0 aromatic heterocycles. The normalized spacial score (nSPS) is 20.9. The van der Waals surface area contributed by atoms with Crippen LogP contribution in [0.5, 0.6) is 0 Å². The van der Waals surface area contributed by atoms with Gasteiger partial charge in [0.2, 0.25) is 0 Å². The van der Waals surface area contributed by atoms with E-state index in [1.165, 1.54) is 32.5 Å². The van der Waals surface area contributed by atoms with Crippen molar-refractivity contribution in [1.29, 1.82) is 0 Å². The van der Waals surface area contributed by atoms with E-state index >= 15 is 0 Å². The van der Waals surface area contributed by atoms with E-state index in [4.69, 9.17) is 9.90 Å². The van der Waals surface area contributed by atoms with E-state index in [9.17, 15) is 13.2 Å². The monoisotopic (exact) mass is 312 g/mol. The first-order chi connectivity index (χ1) is 9.50. The molecule has 21 heavy (non-hydrogen) atoms. The highest BCUT2D eigenvalue weighted by molar-refractivity contribution is 5.73. The van der Waals surface area contributed by atoms with Gasteiger partial charge < -0.3 is 10.4 Å². The van der Waals surface area contributed by atoms with E-state index in [-0.39, 0.29) is 0 Å². The van der Waals surface area contributed by atoms with Crippen LogP contribution in [0.25, 0.3) is 0 Å². The highest BCUT2D eigenvalue weighted by atomic mass is 19.4. The molecule has 126 valence electrons. The van der Waals surface area contributed by atoms with Gasteiger partial charge in [-0.3, -0.25) is 4.90 Å². The molecule has 0 aromatic rings. The van der Waals surface area contributed by atoms with Crippen molar-refractivity contribution < 1.29 is 23.1 Å². The molecule has 1 unspecified atom stereocenters. The Labute approximate surface area is 124 Å². The zero-order valence-electron chi connectivity index (χ0n) is 13.3. The minimum absolute atomic E-state index is 0.382. The van der Waals surface area contributed by atoms with Crippen LogP contribution >= 0.6 is 0 Å². The predicted molar refractivity (Wildman–Crippen MR) is 76.3 cm³/mol. The Balaban J connectivity index is 0.000000486. The lowest BCUT2D eigenvalue weighted by molar-refractivity contribution is -0.192. The molecule has 0 saturated carbocycles. The van der Waals surface area contributed by atoms with E-state index in [0.717, 1.165) is 12.5 Å². The maximum Gasteiger partial charge on any atom is 0.490 e. The number of nitrogens with one attached hydrogen (secondary N) is 1. The van der Waals surface area contributed by atoms with Crippen LogP contribution in [0.4, 0.5) is 13.2 Å². The van der Waals surface area contributed by atoms with Crippen LogP contribution in [0.2, 0.25) is 0 Å². The van der Waals surface area contributed by atoms with E-state index in [2.05, 4.69) is 37.9 Å². The lowest BCUT2D eigenvalue weighted by Gasteiger charge is -2.38. The van der Waals surface area contributed by atoms with Crippen molar-refractivity contribution >= 4 is 5.97 Å². The molecule has 0 bridgehead atoms. The van der Waals surface area contributed by atoms with Crippen LogP contribution in [0, 0.1) is 5.92 Å². The molecule has 0 spiro atoms. The van der Waals surface area contributed by atoms with E-state index in [1.54, 1.807) is 0 Å².